The Morgan fingerprint density at radius 2 is 2.15 bits per heavy atom. The number of carbonyl (C=O) groups excluding carboxylic acids is 1. The number of aromatic nitrogens is 3. The molecule has 7 nitrogen and oxygen atoms in total. The SMILES string of the molecule is COc1cccc(CNC(=O)C(C)n2c(-c3cccs3)n[nH]c2=S)c1OC. The molecule has 0 radical (unpaired) electrons. The molecular weight excluding hydrogens is 384 g/mol. The van der Waals surface area contributed by atoms with Crippen LogP contribution in [-0.2, 0) is 11.3 Å². The fourth-order valence-corrected chi connectivity index (χ4v) is 3.78. The average molecular weight is 405 g/mol. The van der Waals surface area contributed by atoms with Crippen LogP contribution in [0.2, 0.25) is 0 Å². The van der Waals surface area contributed by atoms with E-state index in [0.29, 0.717) is 28.6 Å². The first-order valence-electron chi connectivity index (χ1n) is 8.25. The van der Waals surface area contributed by atoms with Crippen LogP contribution in [0.25, 0.3) is 10.7 Å². The van der Waals surface area contributed by atoms with E-state index in [1.54, 1.807) is 37.0 Å². The molecule has 0 saturated carbocycles. The minimum Gasteiger partial charge on any atom is -0.493 e. The van der Waals surface area contributed by atoms with E-state index in [0.717, 1.165) is 10.4 Å². The quantitative estimate of drug-likeness (QED) is 0.589. The maximum atomic E-state index is 12.8. The number of thiophene rings is 1. The molecule has 0 aliphatic carbocycles. The van der Waals surface area contributed by atoms with Crippen LogP contribution in [0.1, 0.15) is 18.5 Å². The van der Waals surface area contributed by atoms with Crippen LogP contribution in [-0.4, -0.2) is 34.9 Å². The van der Waals surface area contributed by atoms with Crippen molar-refractivity contribution in [3.8, 4) is 22.2 Å². The second-order valence-corrected chi connectivity index (χ2v) is 7.08. The summed E-state index contributed by atoms with van der Waals surface area (Å²) < 4.78 is 12.8. The maximum Gasteiger partial charge on any atom is 0.243 e. The molecule has 142 valence electrons. The molecule has 0 fully saturated rings. The molecule has 0 bridgehead atoms. The van der Waals surface area contributed by atoms with E-state index in [4.69, 9.17) is 21.7 Å². The van der Waals surface area contributed by atoms with Crippen LogP contribution in [0.4, 0.5) is 0 Å². The topological polar surface area (TPSA) is 81.2 Å². The number of H-pyrrole nitrogens is 1. The Balaban J connectivity index is 1.79. The smallest absolute Gasteiger partial charge is 0.243 e. The molecule has 2 N–H and O–H groups in total. The predicted molar refractivity (Wildman–Crippen MR) is 107 cm³/mol. The molecule has 27 heavy (non-hydrogen) atoms. The highest BCUT2D eigenvalue weighted by Gasteiger charge is 2.21. The van der Waals surface area contributed by atoms with Gasteiger partial charge in [-0.2, -0.15) is 5.10 Å². The van der Waals surface area contributed by atoms with Gasteiger partial charge >= 0.3 is 0 Å². The fourth-order valence-electron chi connectivity index (χ4n) is 2.78. The largest absolute Gasteiger partial charge is 0.493 e. The number of para-hydroxylation sites is 1. The van der Waals surface area contributed by atoms with Crippen molar-refractivity contribution in [1.82, 2.24) is 20.1 Å². The van der Waals surface area contributed by atoms with Crippen LogP contribution in [0.5, 0.6) is 11.5 Å². The van der Waals surface area contributed by atoms with Gasteiger partial charge in [0.1, 0.15) is 6.04 Å². The summed E-state index contributed by atoms with van der Waals surface area (Å²) in [7, 11) is 3.15. The fraction of sp³-hybridized carbons (Fsp3) is 0.278. The van der Waals surface area contributed by atoms with E-state index >= 15 is 0 Å². The van der Waals surface area contributed by atoms with Crippen LogP contribution in [0.3, 0.4) is 0 Å². The highest BCUT2D eigenvalue weighted by atomic mass is 32.1. The molecule has 2 aromatic heterocycles. The summed E-state index contributed by atoms with van der Waals surface area (Å²) in [5.41, 5.74) is 0.826. The zero-order valence-corrected chi connectivity index (χ0v) is 16.8. The Morgan fingerprint density at radius 1 is 1.33 bits per heavy atom. The Morgan fingerprint density at radius 3 is 2.81 bits per heavy atom. The number of aromatic amines is 1. The zero-order valence-electron chi connectivity index (χ0n) is 15.2. The van der Waals surface area contributed by atoms with Gasteiger partial charge in [0.15, 0.2) is 22.1 Å². The van der Waals surface area contributed by atoms with E-state index in [9.17, 15) is 4.79 Å². The van der Waals surface area contributed by atoms with Crippen molar-refractivity contribution in [2.24, 2.45) is 0 Å². The number of hydrogen-bond donors (Lipinski definition) is 2. The molecule has 1 amide bonds. The average Bonchev–Trinajstić information content (AvgIpc) is 3.34. The van der Waals surface area contributed by atoms with E-state index in [2.05, 4.69) is 15.5 Å². The molecule has 1 unspecified atom stereocenters. The summed E-state index contributed by atoms with van der Waals surface area (Å²) in [5, 5.41) is 11.9. The number of rotatable bonds is 7. The van der Waals surface area contributed by atoms with Crippen molar-refractivity contribution in [3.63, 3.8) is 0 Å². The van der Waals surface area contributed by atoms with Crippen LogP contribution < -0.4 is 14.8 Å². The molecule has 0 saturated heterocycles. The Kier molecular flexibility index (Phi) is 5.92. The molecule has 2 heterocycles. The molecule has 0 aliphatic rings. The summed E-state index contributed by atoms with van der Waals surface area (Å²) in [5.74, 6) is 1.70. The molecule has 3 rings (SSSR count). The molecule has 0 spiro atoms. The number of methoxy groups -OCH3 is 2. The third-order valence-corrected chi connectivity index (χ3v) is 5.30. The summed E-state index contributed by atoms with van der Waals surface area (Å²) in [4.78, 5) is 13.7. The van der Waals surface area contributed by atoms with Gasteiger partial charge in [0, 0.05) is 12.1 Å². The van der Waals surface area contributed by atoms with Gasteiger partial charge in [-0.1, -0.05) is 18.2 Å². The summed E-state index contributed by atoms with van der Waals surface area (Å²) >= 11 is 6.87. The maximum absolute atomic E-state index is 12.8. The number of benzene rings is 1. The molecule has 0 aliphatic heterocycles. The van der Waals surface area contributed by atoms with Gasteiger partial charge in [-0.25, -0.2) is 0 Å². The lowest BCUT2D eigenvalue weighted by Crippen LogP contribution is -2.31. The van der Waals surface area contributed by atoms with Gasteiger partial charge in [0.2, 0.25) is 5.91 Å². The third kappa shape index (κ3) is 3.88. The number of hydrogen-bond acceptors (Lipinski definition) is 6. The first-order chi connectivity index (χ1) is 13.1. The number of carbonyl (C=O) groups is 1. The minimum atomic E-state index is -0.523. The zero-order chi connectivity index (χ0) is 19.4. The third-order valence-electron chi connectivity index (χ3n) is 4.15. The van der Waals surface area contributed by atoms with Crippen molar-refractivity contribution in [2.75, 3.05) is 14.2 Å². The Bertz CT molecular complexity index is 979. The number of nitrogens with one attached hydrogen (secondary N) is 2. The van der Waals surface area contributed by atoms with E-state index in [1.807, 2.05) is 35.7 Å². The first-order valence-corrected chi connectivity index (χ1v) is 9.54. The monoisotopic (exact) mass is 404 g/mol. The van der Waals surface area contributed by atoms with Crippen LogP contribution in [0.15, 0.2) is 35.7 Å². The Hall–Kier alpha value is -2.65. The predicted octanol–water partition coefficient (Wildman–Crippen LogP) is 3.56. The van der Waals surface area contributed by atoms with Crippen LogP contribution in [0, 0.1) is 4.77 Å². The van der Waals surface area contributed by atoms with E-state index in [1.165, 1.54) is 0 Å². The van der Waals surface area contributed by atoms with Crippen molar-refractivity contribution < 1.29 is 14.3 Å². The van der Waals surface area contributed by atoms with E-state index < -0.39 is 6.04 Å². The van der Waals surface area contributed by atoms with Gasteiger partial charge < -0.3 is 14.8 Å². The second-order valence-electron chi connectivity index (χ2n) is 5.75. The lowest BCUT2D eigenvalue weighted by atomic mass is 10.1. The lowest BCUT2D eigenvalue weighted by Gasteiger charge is -2.17. The first kappa shape index (κ1) is 19.1. The van der Waals surface area contributed by atoms with Crippen molar-refractivity contribution in [1.29, 1.82) is 0 Å². The Labute approximate surface area is 165 Å². The van der Waals surface area contributed by atoms with Gasteiger partial charge in [-0.3, -0.25) is 14.5 Å². The standard InChI is InChI=1S/C18H20N4O3S2/c1-11(22-16(20-21-18(22)26)14-8-5-9-27-14)17(23)19-10-12-6-4-7-13(24-2)15(12)25-3/h4-9,11H,10H2,1-3H3,(H,19,23)(H,21,26). The van der Waals surface area contributed by atoms with Crippen molar-refractivity contribution in [3.05, 3.63) is 46.0 Å². The van der Waals surface area contributed by atoms with E-state index in [-0.39, 0.29) is 5.91 Å². The minimum absolute atomic E-state index is 0.171. The molecule has 1 aromatic carbocycles. The van der Waals surface area contributed by atoms with Gasteiger partial charge in [-0.05, 0) is 36.7 Å². The van der Waals surface area contributed by atoms with Gasteiger partial charge in [-0.15, -0.1) is 11.3 Å². The highest BCUT2D eigenvalue weighted by Crippen LogP contribution is 2.31. The van der Waals surface area contributed by atoms with Crippen LogP contribution >= 0.6 is 23.6 Å². The highest BCUT2D eigenvalue weighted by molar-refractivity contribution is 7.71. The molecular formula is C18H20N4O3S2. The number of ether oxygens (including phenoxy) is 2. The lowest BCUT2D eigenvalue weighted by molar-refractivity contribution is -0.124. The van der Waals surface area contributed by atoms with Crippen molar-refractivity contribution in [2.45, 2.75) is 19.5 Å². The molecule has 1 atom stereocenters. The molecule has 3 aromatic rings. The van der Waals surface area contributed by atoms with Gasteiger partial charge in [0.25, 0.3) is 0 Å². The molecule has 9 heteroatoms. The number of amides is 1. The summed E-state index contributed by atoms with van der Waals surface area (Å²) in [6, 6.07) is 8.90. The number of nitrogens with zero attached hydrogens (tertiary/aromatic N) is 2. The summed E-state index contributed by atoms with van der Waals surface area (Å²) in [6.07, 6.45) is 0. The normalized spacial score (nSPS) is 11.8. The summed E-state index contributed by atoms with van der Waals surface area (Å²) in [6.45, 7) is 2.10. The van der Waals surface area contributed by atoms with Gasteiger partial charge in [0.05, 0.1) is 19.1 Å². The van der Waals surface area contributed by atoms with Crippen molar-refractivity contribution >= 4 is 29.5 Å². The second kappa shape index (κ2) is 8.36.